The first-order valence-electron chi connectivity index (χ1n) is 5.16. The minimum atomic E-state index is 0.0624. The second-order valence-electron chi connectivity index (χ2n) is 3.73. The minimum Gasteiger partial charge on any atom is -0.361 e. The molecule has 0 bridgehead atoms. The molecule has 0 saturated carbocycles. The van der Waals surface area contributed by atoms with E-state index in [1.54, 1.807) is 0 Å². The molecule has 1 atom stereocenters. The Morgan fingerprint density at radius 1 is 1.50 bits per heavy atom. The van der Waals surface area contributed by atoms with Gasteiger partial charge in [0, 0.05) is 18.7 Å². The van der Waals surface area contributed by atoms with Gasteiger partial charge in [0.05, 0.1) is 6.04 Å². The third-order valence-corrected chi connectivity index (χ3v) is 2.75. The van der Waals surface area contributed by atoms with E-state index in [9.17, 15) is 4.79 Å². The van der Waals surface area contributed by atoms with Crippen molar-refractivity contribution in [3.05, 3.63) is 29.8 Å². The van der Waals surface area contributed by atoms with Crippen LogP contribution in [-0.2, 0) is 11.2 Å². The average Bonchev–Trinajstić information content (AvgIpc) is 2.58. The summed E-state index contributed by atoms with van der Waals surface area (Å²) in [6.45, 7) is 3.11. The van der Waals surface area contributed by atoms with Crippen LogP contribution in [0.2, 0.25) is 0 Å². The first-order chi connectivity index (χ1) is 6.86. The number of carbonyl (C=O) groups excluding carboxylic acids is 1. The quantitative estimate of drug-likeness (QED) is 0.678. The lowest BCUT2D eigenvalue weighted by molar-refractivity contribution is -0.108. The van der Waals surface area contributed by atoms with Gasteiger partial charge in [0.1, 0.15) is 6.29 Å². The van der Waals surface area contributed by atoms with Crippen LogP contribution in [0.15, 0.2) is 24.3 Å². The van der Waals surface area contributed by atoms with Gasteiger partial charge >= 0.3 is 0 Å². The van der Waals surface area contributed by atoms with Crippen LogP contribution in [-0.4, -0.2) is 18.9 Å². The van der Waals surface area contributed by atoms with Gasteiger partial charge in [0.2, 0.25) is 0 Å². The van der Waals surface area contributed by atoms with E-state index in [1.807, 2.05) is 12.1 Å². The third kappa shape index (κ3) is 1.41. The molecule has 14 heavy (non-hydrogen) atoms. The maximum Gasteiger partial charge on any atom is 0.142 e. The fourth-order valence-corrected chi connectivity index (χ4v) is 2.13. The molecule has 0 spiro atoms. The van der Waals surface area contributed by atoms with Crippen molar-refractivity contribution in [2.45, 2.75) is 25.8 Å². The van der Waals surface area contributed by atoms with Crippen molar-refractivity contribution in [2.75, 3.05) is 11.4 Å². The van der Waals surface area contributed by atoms with Crippen molar-refractivity contribution < 1.29 is 4.79 Å². The number of anilines is 1. The first kappa shape index (κ1) is 9.25. The molecule has 0 amide bonds. The number of carbonyl (C=O) groups is 1. The van der Waals surface area contributed by atoms with Crippen LogP contribution in [0.4, 0.5) is 5.69 Å². The molecule has 1 aromatic rings. The highest BCUT2D eigenvalue weighted by atomic mass is 16.1. The highest BCUT2D eigenvalue weighted by Gasteiger charge is 2.27. The number of aldehydes is 1. The van der Waals surface area contributed by atoms with E-state index in [0.29, 0.717) is 0 Å². The second kappa shape index (κ2) is 3.82. The van der Waals surface area contributed by atoms with Crippen LogP contribution in [0.5, 0.6) is 0 Å². The van der Waals surface area contributed by atoms with Crippen LogP contribution >= 0.6 is 0 Å². The molecule has 0 unspecified atom stereocenters. The summed E-state index contributed by atoms with van der Waals surface area (Å²) in [5, 5.41) is 0. The van der Waals surface area contributed by atoms with E-state index in [0.717, 1.165) is 25.7 Å². The van der Waals surface area contributed by atoms with Crippen LogP contribution in [0.1, 0.15) is 18.9 Å². The SMILES string of the molecule is CCCN1c2ccccc2C[C@@H]1C=O. The Hall–Kier alpha value is -1.31. The first-order valence-corrected chi connectivity index (χ1v) is 5.16. The summed E-state index contributed by atoms with van der Waals surface area (Å²) in [7, 11) is 0. The number of rotatable bonds is 3. The normalized spacial score (nSPS) is 19.5. The van der Waals surface area contributed by atoms with Crippen molar-refractivity contribution in [2.24, 2.45) is 0 Å². The molecular weight excluding hydrogens is 174 g/mol. The predicted octanol–water partition coefficient (Wildman–Crippen LogP) is 2.03. The zero-order valence-corrected chi connectivity index (χ0v) is 8.44. The van der Waals surface area contributed by atoms with Crippen LogP contribution < -0.4 is 4.90 Å². The molecule has 74 valence electrons. The van der Waals surface area contributed by atoms with Crippen molar-refractivity contribution >= 4 is 12.0 Å². The highest BCUT2D eigenvalue weighted by molar-refractivity contribution is 5.73. The second-order valence-corrected chi connectivity index (χ2v) is 3.73. The average molecular weight is 189 g/mol. The molecule has 0 aliphatic carbocycles. The van der Waals surface area contributed by atoms with Gasteiger partial charge in [0.15, 0.2) is 0 Å². The van der Waals surface area contributed by atoms with E-state index in [1.165, 1.54) is 11.3 Å². The zero-order valence-electron chi connectivity index (χ0n) is 8.44. The third-order valence-electron chi connectivity index (χ3n) is 2.75. The van der Waals surface area contributed by atoms with Crippen LogP contribution in [0.25, 0.3) is 0 Å². The maximum atomic E-state index is 10.9. The van der Waals surface area contributed by atoms with E-state index in [2.05, 4.69) is 24.0 Å². The van der Waals surface area contributed by atoms with Crippen LogP contribution in [0.3, 0.4) is 0 Å². The van der Waals surface area contributed by atoms with Crippen LogP contribution in [0, 0.1) is 0 Å². The number of benzene rings is 1. The summed E-state index contributed by atoms with van der Waals surface area (Å²) < 4.78 is 0. The Morgan fingerprint density at radius 2 is 2.29 bits per heavy atom. The Kier molecular flexibility index (Phi) is 2.53. The molecule has 0 aromatic heterocycles. The molecule has 1 aliphatic heterocycles. The van der Waals surface area contributed by atoms with Crippen molar-refractivity contribution in [3.8, 4) is 0 Å². The molecule has 0 saturated heterocycles. The van der Waals surface area contributed by atoms with E-state index in [-0.39, 0.29) is 6.04 Å². The molecule has 2 heteroatoms. The van der Waals surface area contributed by atoms with E-state index < -0.39 is 0 Å². The smallest absolute Gasteiger partial charge is 0.142 e. The topological polar surface area (TPSA) is 20.3 Å². The number of hydrogen-bond acceptors (Lipinski definition) is 2. The minimum absolute atomic E-state index is 0.0624. The van der Waals surface area contributed by atoms with E-state index >= 15 is 0 Å². The number of fused-ring (bicyclic) bond motifs is 1. The number of nitrogens with zero attached hydrogens (tertiary/aromatic N) is 1. The molecule has 1 aromatic carbocycles. The highest BCUT2D eigenvalue weighted by Crippen LogP contribution is 2.30. The van der Waals surface area contributed by atoms with Gasteiger partial charge < -0.3 is 9.69 Å². The summed E-state index contributed by atoms with van der Waals surface area (Å²) in [5.74, 6) is 0. The lowest BCUT2D eigenvalue weighted by atomic mass is 10.1. The standard InChI is InChI=1S/C12H15NO/c1-2-7-13-11(9-14)8-10-5-3-4-6-12(10)13/h3-6,9,11H,2,7-8H2,1H3/t11-/m1/s1. The van der Waals surface area contributed by atoms with Crippen molar-refractivity contribution in [3.63, 3.8) is 0 Å². The Bertz CT molecular complexity index is 335. The fourth-order valence-electron chi connectivity index (χ4n) is 2.13. The molecule has 0 radical (unpaired) electrons. The Morgan fingerprint density at radius 3 is 3.00 bits per heavy atom. The number of para-hydroxylation sites is 1. The summed E-state index contributed by atoms with van der Waals surface area (Å²) in [6.07, 6.45) is 3.02. The van der Waals surface area contributed by atoms with Gasteiger partial charge in [-0.25, -0.2) is 0 Å². The predicted molar refractivity (Wildman–Crippen MR) is 57.6 cm³/mol. The van der Waals surface area contributed by atoms with Gasteiger partial charge in [-0.15, -0.1) is 0 Å². The lowest BCUT2D eigenvalue weighted by Crippen LogP contribution is -2.33. The molecule has 2 nitrogen and oxygen atoms in total. The molecule has 0 N–H and O–H groups in total. The maximum absolute atomic E-state index is 10.9. The molecular formula is C12H15NO. The zero-order chi connectivity index (χ0) is 9.97. The Labute approximate surface area is 84.5 Å². The molecule has 0 fully saturated rings. The summed E-state index contributed by atoms with van der Waals surface area (Å²) in [5.41, 5.74) is 2.55. The molecule has 2 rings (SSSR count). The fraction of sp³-hybridized carbons (Fsp3) is 0.417. The largest absolute Gasteiger partial charge is 0.361 e. The monoisotopic (exact) mass is 189 g/mol. The van der Waals surface area contributed by atoms with Gasteiger partial charge in [-0.2, -0.15) is 0 Å². The van der Waals surface area contributed by atoms with E-state index in [4.69, 9.17) is 0 Å². The van der Waals surface area contributed by atoms with Gasteiger partial charge in [-0.05, 0) is 18.1 Å². The Balaban J connectivity index is 2.31. The summed E-state index contributed by atoms with van der Waals surface area (Å²) in [4.78, 5) is 13.1. The summed E-state index contributed by atoms with van der Waals surface area (Å²) >= 11 is 0. The lowest BCUT2D eigenvalue weighted by Gasteiger charge is -2.22. The summed E-state index contributed by atoms with van der Waals surface area (Å²) in [6, 6.07) is 8.35. The van der Waals surface area contributed by atoms with Gasteiger partial charge in [0.25, 0.3) is 0 Å². The van der Waals surface area contributed by atoms with Gasteiger partial charge in [-0.3, -0.25) is 0 Å². The van der Waals surface area contributed by atoms with Gasteiger partial charge in [-0.1, -0.05) is 25.1 Å². The molecule has 1 aliphatic rings. The van der Waals surface area contributed by atoms with Crippen molar-refractivity contribution in [1.29, 1.82) is 0 Å². The van der Waals surface area contributed by atoms with Crippen molar-refractivity contribution in [1.82, 2.24) is 0 Å². The number of hydrogen-bond donors (Lipinski definition) is 0. The molecule has 1 heterocycles.